The molecule has 168 valence electrons. The van der Waals surface area contributed by atoms with Gasteiger partial charge in [-0.25, -0.2) is 0 Å². The molecule has 5 nitrogen and oxygen atoms in total. The van der Waals surface area contributed by atoms with Crippen LogP contribution in [0, 0.1) is 5.92 Å². The summed E-state index contributed by atoms with van der Waals surface area (Å²) in [4.78, 5) is 0.932. The smallest absolute Gasteiger partial charge is 0.119 e. The van der Waals surface area contributed by atoms with Crippen molar-refractivity contribution in [3.05, 3.63) is 48.5 Å². The van der Waals surface area contributed by atoms with Crippen molar-refractivity contribution in [1.82, 2.24) is 5.53 Å². The summed E-state index contributed by atoms with van der Waals surface area (Å²) in [6.45, 7) is 11.2. The maximum absolute atomic E-state index is 5.90. The second kappa shape index (κ2) is 10.8. The molecular formula is C25H35N3O2S. The van der Waals surface area contributed by atoms with Crippen molar-refractivity contribution in [2.24, 2.45) is 5.92 Å². The second-order valence-electron chi connectivity index (χ2n) is 8.54. The van der Waals surface area contributed by atoms with Crippen LogP contribution in [-0.2, 0) is 0 Å². The average molecular weight is 442 g/mol. The van der Waals surface area contributed by atoms with Crippen LogP contribution in [0.15, 0.2) is 48.5 Å². The minimum Gasteiger partial charge on any atom is -0.491 e. The molecule has 0 spiro atoms. The molecule has 2 aromatic carbocycles. The first-order valence-electron chi connectivity index (χ1n) is 11.3. The van der Waals surface area contributed by atoms with Crippen LogP contribution in [0.2, 0.25) is 0 Å². The molecule has 1 saturated heterocycles. The number of hydrazine groups is 2. The fourth-order valence-electron chi connectivity index (χ4n) is 3.63. The fourth-order valence-corrected chi connectivity index (χ4v) is 3.97. The number of unbranched alkanes of at least 4 members (excludes halogenated alkanes) is 1. The Morgan fingerprint density at radius 2 is 1.42 bits per heavy atom. The lowest BCUT2D eigenvalue weighted by atomic mass is 10.00. The van der Waals surface area contributed by atoms with Gasteiger partial charge in [0.1, 0.15) is 16.5 Å². The molecule has 0 aromatic heterocycles. The molecule has 2 aromatic rings. The lowest BCUT2D eigenvalue weighted by molar-refractivity contribution is 0.242. The van der Waals surface area contributed by atoms with Gasteiger partial charge in [-0.1, -0.05) is 32.0 Å². The number of ether oxygens (including phenoxy) is 2. The highest BCUT2D eigenvalue weighted by atomic mass is 32.1. The summed E-state index contributed by atoms with van der Waals surface area (Å²) in [5.41, 5.74) is 5.60. The zero-order chi connectivity index (χ0) is 22.4. The molecule has 1 N–H and O–H groups in total. The Balaban J connectivity index is 1.82. The Kier molecular flexibility index (Phi) is 8.15. The maximum Gasteiger partial charge on any atom is 0.119 e. The van der Waals surface area contributed by atoms with Gasteiger partial charge in [0.2, 0.25) is 0 Å². The number of thiocarbonyl (C=S) groups is 1. The van der Waals surface area contributed by atoms with E-state index in [9.17, 15) is 0 Å². The molecule has 31 heavy (non-hydrogen) atoms. The Labute approximate surface area is 192 Å². The molecule has 3 rings (SSSR count). The number of hydrogen-bond donors (Lipinski definition) is 1. The first kappa shape index (κ1) is 23.4. The molecule has 6 heteroatoms. The van der Waals surface area contributed by atoms with Crippen LogP contribution < -0.4 is 25.0 Å². The number of hydrogen-bond acceptors (Lipinski definition) is 5. The van der Waals surface area contributed by atoms with Gasteiger partial charge in [-0.3, -0.25) is 10.0 Å². The monoisotopic (exact) mass is 441 g/mol. The largest absolute Gasteiger partial charge is 0.491 e. The highest BCUT2D eigenvalue weighted by Gasteiger charge is 2.30. The van der Waals surface area contributed by atoms with Crippen molar-refractivity contribution in [3.8, 4) is 11.5 Å². The zero-order valence-corrected chi connectivity index (χ0v) is 20.1. The normalized spacial score (nSPS) is 16.9. The first-order valence-corrected chi connectivity index (χ1v) is 11.7. The van der Waals surface area contributed by atoms with E-state index < -0.39 is 0 Å². The van der Waals surface area contributed by atoms with E-state index in [1.165, 1.54) is 0 Å². The SMILES string of the molecule is CCCC[C@H]1CN(c2ccc(OC(C)C)cc2)NN(c2ccc(OC(C)C)cc2)C1=S. The Bertz CT molecular complexity index is 837. The summed E-state index contributed by atoms with van der Waals surface area (Å²) in [5, 5.41) is 4.20. The predicted molar refractivity (Wildman–Crippen MR) is 133 cm³/mol. The third-order valence-corrected chi connectivity index (χ3v) is 5.60. The van der Waals surface area contributed by atoms with Crippen molar-refractivity contribution in [3.63, 3.8) is 0 Å². The molecule has 0 bridgehead atoms. The van der Waals surface area contributed by atoms with E-state index >= 15 is 0 Å². The van der Waals surface area contributed by atoms with Gasteiger partial charge in [0.05, 0.1) is 23.6 Å². The summed E-state index contributed by atoms with van der Waals surface area (Å²) in [6.07, 6.45) is 3.71. The standard InChI is InChI=1S/C25H35N3O2S/c1-6-7-8-20-17-27(21-9-13-23(14-10-21)29-18(2)3)26-28(25(20)31)22-11-15-24(16-12-22)30-19(4)5/h9-16,18-20,26H,6-8,17H2,1-5H3/t20-/m0/s1. The lowest BCUT2D eigenvalue weighted by Gasteiger charge is -2.43. The minimum absolute atomic E-state index is 0.150. The molecule has 1 heterocycles. The average Bonchev–Trinajstić information content (AvgIpc) is 2.73. The quantitative estimate of drug-likeness (QED) is 0.471. The van der Waals surface area contributed by atoms with Gasteiger partial charge >= 0.3 is 0 Å². The number of nitrogens with one attached hydrogen (secondary N) is 1. The van der Waals surface area contributed by atoms with Crippen LogP contribution in [0.25, 0.3) is 0 Å². The summed E-state index contributed by atoms with van der Waals surface area (Å²) in [5.74, 6) is 2.04. The Morgan fingerprint density at radius 1 is 0.903 bits per heavy atom. The van der Waals surface area contributed by atoms with Gasteiger partial charge in [-0.2, -0.15) is 0 Å². The molecule has 0 radical (unpaired) electrons. The molecule has 1 aliphatic heterocycles. The van der Waals surface area contributed by atoms with E-state index in [2.05, 4.69) is 41.7 Å². The molecule has 1 fully saturated rings. The molecule has 0 saturated carbocycles. The second-order valence-corrected chi connectivity index (χ2v) is 8.96. The number of anilines is 2. The summed E-state index contributed by atoms with van der Waals surface area (Å²) < 4.78 is 11.6. The Hall–Kier alpha value is -2.31. The molecule has 0 unspecified atom stereocenters. The van der Waals surface area contributed by atoms with Crippen LogP contribution in [0.5, 0.6) is 11.5 Å². The number of benzene rings is 2. The van der Waals surface area contributed by atoms with Crippen molar-refractivity contribution in [1.29, 1.82) is 0 Å². The lowest BCUT2D eigenvalue weighted by Crippen LogP contribution is -2.61. The van der Waals surface area contributed by atoms with Gasteiger partial charge in [0, 0.05) is 12.5 Å². The van der Waals surface area contributed by atoms with Crippen LogP contribution in [-0.4, -0.2) is 23.7 Å². The van der Waals surface area contributed by atoms with E-state index in [1.54, 1.807) is 0 Å². The van der Waals surface area contributed by atoms with Gasteiger partial charge in [-0.15, -0.1) is 5.53 Å². The fraction of sp³-hybridized carbons (Fsp3) is 0.480. The van der Waals surface area contributed by atoms with Gasteiger partial charge in [0.15, 0.2) is 0 Å². The van der Waals surface area contributed by atoms with Crippen molar-refractivity contribution >= 4 is 28.6 Å². The highest BCUT2D eigenvalue weighted by molar-refractivity contribution is 7.80. The number of nitrogens with zero attached hydrogens (tertiary/aromatic N) is 2. The van der Waals surface area contributed by atoms with Crippen LogP contribution in [0.3, 0.4) is 0 Å². The van der Waals surface area contributed by atoms with Crippen LogP contribution in [0.1, 0.15) is 53.9 Å². The van der Waals surface area contributed by atoms with Crippen LogP contribution in [0.4, 0.5) is 11.4 Å². The summed E-state index contributed by atoms with van der Waals surface area (Å²) >= 11 is 5.90. The predicted octanol–water partition coefficient (Wildman–Crippen LogP) is 6.14. The van der Waals surface area contributed by atoms with E-state index in [0.29, 0.717) is 5.92 Å². The summed E-state index contributed by atoms with van der Waals surface area (Å²) in [6, 6.07) is 16.3. The minimum atomic E-state index is 0.150. The zero-order valence-electron chi connectivity index (χ0n) is 19.3. The Morgan fingerprint density at radius 3 is 1.90 bits per heavy atom. The van der Waals surface area contributed by atoms with Gasteiger partial charge < -0.3 is 9.47 Å². The van der Waals surface area contributed by atoms with Crippen molar-refractivity contribution in [2.45, 2.75) is 66.1 Å². The number of rotatable bonds is 9. The topological polar surface area (TPSA) is 37.0 Å². The first-order chi connectivity index (χ1) is 14.9. The van der Waals surface area contributed by atoms with E-state index in [1.807, 2.05) is 57.0 Å². The molecule has 1 atom stereocenters. The molecule has 0 aliphatic carbocycles. The maximum atomic E-state index is 5.90. The van der Waals surface area contributed by atoms with E-state index in [-0.39, 0.29) is 12.2 Å². The molecule has 1 aliphatic rings. The van der Waals surface area contributed by atoms with Crippen molar-refractivity contribution in [2.75, 3.05) is 16.6 Å². The summed E-state index contributed by atoms with van der Waals surface area (Å²) in [7, 11) is 0. The molecule has 0 amide bonds. The third kappa shape index (κ3) is 6.34. The van der Waals surface area contributed by atoms with Crippen LogP contribution >= 0.6 is 12.2 Å². The highest BCUT2D eigenvalue weighted by Crippen LogP contribution is 2.29. The third-order valence-electron chi connectivity index (χ3n) is 5.09. The van der Waals surface area contributed by atoms with E-state index in [4.69, 9.17) is 21.7 Å². The molecular weight excluding hydrogens is 406 g/mol. The van der Waals surface area contributed by atoms with E-state index in [0.717, 1.165) is 53.7 Å². The van der Waals surface area contributed by atoms with Gasteiger partial charge in [0.25, 0.3) is 0 Å². The van der Waals surface area contributed by atoms with Gasteiger partial charge in [-0.05, 0) is 82.6 Å². The van der Waals surface area contributed by atoms with Crippen molar-refractivity contribution < 1.29 is 9.47 Å².